The Balaban J connectivity index is 1.39. The van der Waals surface area contributed by atoms with Crippen LogP contribution in [0.15, 0.2) is 66.9 Å². The number of fused-ring (bicyclic) bond motifs is 2. The lowest BCUT2D eigenvalue weighted by molar-refractivity contribution is 0.0821. The number of carbonyl (C=O) groups is 3. The largest absolute Gasteiger partial charge is 0.494 e. The number of benzene rings is 2. The summed E-state index contributed by atoms with van der Waals surface area (Å²) in [7, 11) is 1.32. The van der Waals surface area contributed by atoms with E-state index in [4.69, 9.17) is 4.74 Å². The van der Waals surface area contributed by atoms with Gasteiger partial charge in [-0.3, -0.25) is 14.4 Å². The highest BCUT2D eigenvalue weighted by molar-refractivity contribution is 6.24. The predicted octanol–water partition coefficient (Wildman–Crippen LogP) is 5.63. The van der Waals surface area contributed by atoms with E-state index < -0.39 is 17.1 Å². The van der Waals surface area contributed by atoms with Crippen molar-refractivity contribution < 1.29 is 23.5 Å². The number of para-hydroxylation sites is 1. The molecule has 2 aliphatic carbocycles. The van der Waals surface area contributed by atoms with Crippen molar-refractivity contribution in [2.24, 2.45) is 11.3 Å². The summed E-state index contributed by atoms with van der Waals surface area (Å²) in [6, 6.07) is 16.5. The first-order valence-electron chi connectivity index (χ1n) is 12.1. The lowest BCUT2D eigenvalue weighted by Crippen LogP contribution is -2.26. The third-order valence-electron chi connectivity index (χ3n) is 7.29. The highest BCUT2D eigenvalue weighted by Crippen LogP contribution is 2.60. The first-order valence-corrected chi connectivity index (χ1v) is 12.1. The standard InChI is InChI=1S/C29H23FN4O4/c1-29-14-18(29)26(35)22-24(32-17-6-4-3-5-7-17)23(34-25(22)27(29)36)15-10-11-31-21(13-15)33-28(37)16-8-9-19(30)20(12-16)38-2/h3-13,18,32,34H,14H2,1-2H3,(H,31,33,37)/t18-,29-/m1/s1. The van der Waals surface area contributed by atoms with Crippen LogP contribution >= 0.6 is 0 Å². The molecular weight excluding hydrogens is 487 g/mol. The minimum atomic E-state index is -0.663. The molecule has 0 unspecified atom stereocenters. The summed E-state index contributed by atoms with van der Waals surface area (Å²) in [5, 5.41) is 6.04. The Morgan fingerprint density at radius 3 is 2.66 bits per heavy atom. The number of hydrogen-bond donors (Lipinski definition) is 3. The van der Waals surface area contributed by atoms with E-state index in [-0.39, 0.29) is 34.6 Å². The lowest BCUT2D eigenvalue weighted by Gasteiger charge is -2.17. The minimum Gasteiger partial charge on any atom is -0.494 e. The maximum Gasteiger partial charge on any atom is 0.256 e. The van der Waals surface area contributed by atoms with Gasteiger partial charge in [0.25, 0.3) is 5.91 Å². The van der Waals surface area contributed by atoms with E-state index in [0.29, 0.717) is 34.6 Å². The third-order valence-corrected chi connectivity index (χ3v) is 7.29. The Bertz CT molecular complexity index is 1630. The summed E-state index contributed by atoms with van der Waals surface area (Å²) >= 11 is 0. The normalized spacial score (nSPS) is 19.4. The summed E-state index contributed by atoms with van der Waals surface area (Å²) in [6.07, 6.45) is 2.07. The molecule has 3 N–H and O–H groups in total. The molecule has 190 valence electrons. The Labute approximate surface area is 217 Å². The van der Waals surface area contributed by atoms with Gasteiger partial charge in [0.2, 0.25) is 0 Å². The average Bonchev–Trinajstić information content (AvgIpc) is 3.50. The molecule has 0 spiro atoms. The highest BCUT2D eigenvalue weighted by Gasteiger charge is 2.64. The molecular formula is C29H23FN4O4. The monoisotopic (exact) mass is 510 g/mol. The van der Waals surface area contributed by atoms with Gasteiger partial charge in [0.1, 0.15) is 5.82 Å². The average molecular weight is 511 g/mol. The van der Waals surface area contributed by atoms with E-state index in [2.05, 4.69) is 20.6 Å². The molecule has 2 aromatic carbocycles. The number of nitrogens with one attached hydrogen (secondary N) is 3. The van der Waals surface area contributed by atoms with E-state index in [1.807, 2.05) is 37.3 Å². The topological polar surface area (TPSA) is 113 Å². The number of pyridine rings is 1. The van der Waals surface area contributed by atoms with Gasteiger partial charge in [-0.2, -0.15) is 0 Å². The smallest absolute Gasteiger partial charge is 0.256 e. The van der Waals surface area contributed by atoms with Gasteiger partial charge in [0.15, 0.2) is 23.1 Å². The van der Waals surface area contributed by atoms with E-state index in [1.165, 1.54) is 25.4 Å². The zero-order chi connectivity index (χ0) is 26.6. The second-order valence-electron chi connectivity index (χ2n) is 9.72. The van der Waals surface area contributed by atoms with Crippen LogP contribution in [-0.2, 0) is 0 Å². The van der Waals surface area contributed by atoms with E-state index in [0.717, 1.165) is 11.8 Å². The number of hydrogen-bond acceptors (Lipinski definition) is 6. The van der Waals surface area contributed by atoms with Gasteiger partial charge in [-0.1, -0.05) is 25.1 Å². The van der Waals surface area contributed by atoms with Crippen molar-refractivity contribution in [3.63, 3.8) is 0 Å². The number of aromatic amines is 1. The number of methoxy groups -OCH3 is 1. The first kappa shape index (κ1) is 23.6. The maximum absolute atomic E-state index is 13.8. The fourth-order valence-electron chi connectivity index (χ4n) is 5.03. The lowest BCUT2D eigenvalue weighted by atomic mass is 9.86. The van der Waals surface area contributed by atoms with Crippen LogP contribution in [0.2, 0.25) is 0 Å². The van der Waals surface area contributed by atoms with Crippen LogP contribution in [-0.4, -0.2) is 34.6 Å². The highest BCUT2D eigenvalue weighted by atomic mass is 19.1. The van der Waals surface area contributed by atoms with Crippen LogP contribution < -0.4 is 15.4 Å². The molecule has 0 radical (unpaired) electrons. The van der Waals surface area contributed by atoms with Crippen molar-refractivity contribution in [2.45, 2.75) is 13.3 Å². The molecule has 9 heteroatoms. The summed E-state index contributed by atoms with van der Waals surface area (Å²) in [5.41, 5.74) is 2.59. The Kier molecular flexibility index (Phi) is 5.37. The van der Waals surface area contributed by atoms with Gasteiger partial charge in [0.05, 0.1) is 29.7 Å². The van der Waals surface area contributed by atoms with Gasteiger partial charge in [-0.25, -0.2) is 9.37 Å². The molecule has 4 aromatic rings. The van der Waals surface area contributed by atoms with Crippen LogP contribution in [0.4, 0.5) is 21.6 Å². The van der Waals surface area contributed by atoms with Crippen molar-refractivity contribution in [1.29, 1.82) is 0 Å². The van der Waals surface area contributed by atoms with Gasteiger partial charge in [-0.15, -0.1) is 0 Å². The maximum atomic E-state index is 13.8. The van der Waals surface area contributed by atoms with E-state index >= 15 is 0 Å². The van der Waals surface area contributed by atoms with Gasteiger partial charge >= 0.3 is 0 Å². The van der Waals surface area contributed by atoms with E-state index in [9.17, 15) is 18.8 Å². The molecule has 2 aliphatic rings. The fraction of sp³-hybridized carbons (Fsp3) is 0.172. The quantitative estimate of drug-likeness (QED) is 0.310. The molecule has 1 amide bonds. The molecule has 8 nitrogen and oxygen atoms in total. The molecule has 6 rings (SSSR count). The van der Waals surface area contributed by atoms with Crippen molar-refractivity contribution in [2.75, 3.05) is 17.7 Å². The molecule has 1 saturated carbocycles. The summed E-state index contributed by atoms with van der Waals surface area (Å²) in [4.78, 5) is 47.0. The van der Waals surface area contributed by atoms with Crippen LogP contribution in [0.25, 0.3) is 11.3 Å². The SMILES string of the molecule is COc1cc(C(=O)Nc2cc(-c3[nH]c4c(c3Nc3ccccc3)C(=O)[C@H]3C[C@@]3(C)C4=O)ccn2)ccc1F. The Hall–Kier alpha value is -4.79. The number of rotatable bonds is 6. The van der Waals surface area contributed by atoms with Crippen molar-refractivity contribution in [3.8, 4) is 17.0 Å². The number of ketones is 2. The minimum absolute atomic E-state index is 0.0472. The van der Waals surface area contributed by atoms with Crippen molar-refractivity contribution >= 4 is 34.7 Å². The fourth-order valence-corrected chi connectivity index (χ4v) is 5.03. The number of halogens is 1. The second-order valence-corrected chi connectivity index (χ2v) is 9.72. The molecule has 2 atom stereocenters. The Morgan fingerprint density at radius 2 is 1.89 bits per heavy atom. The third kappa shape index (κ3) is 3.75. The van der Waals surface area contributed by atoms with Gasteiger partial charge < -0.3 is 20.4 Å². The van der Waals surface area contributed by atoms with Crippen molar-refractivity contribution in [1.82, 2.24) is 9.97 Å². The molecule has 2 heterocycles. The zero-order valence-electron chi connectivity index (χ0n) is 20.6. The summed E-state index contributed by atoms with van der Waals surface area (Å²) in [5.74, 6) is -1.34. The zero-order valence-corrected chi connectivity index (χ0v) is 20.6. The van der Waals surface area contributed by atoms with Gasteiger partial charge in [-0.05, 0) is 48.9 Å². The first-order chi connectivity index (χ1) is 18.3. The molecule has 0 bridgehead atoms. The number of aromatic nitrogens is 2. The number of ether oxygens (including phenoxy) is 1. The van der Waals surface area contributed by atoms with E-state index in [1.54, 1.807) is 12.1 Å². The number of Topliss-reactive ketones (excluding diaryl/α,β-unsaturated/α-hetero) is 2. The number of anilines is 3. The number of H-pyrrole nitrogens is 1. The van der Waals surface area contributed by atoms with Crippen LogP contribution in [0.5, 0.6) is 5.75 Å². The van der Waals surface area contributed by atoms with Crippen LogP contribution in [0.3, 0.4) is 0 Å². The molecule has 2 aromatic heterocycles. The molecule has 0 aliphatic heterocycles. The molecule has 38 heavy (non-hydrogen) atoms. The predicted molar refractivity (Wildman–Crippen MR) is 140 cm³/mol. The van der Waals surface area contributed by atoms with Gasteiger partial charge in [0, 0.05) is 34.3 Å². The van der Waals surface area contributed by atoms with Crippen molar-refractivity contribution in [3.05, 3.63) is 89.5 Å². The summed E-state index contributed by atoms with van der Waals surface area (Å²) in [6.45, 7) is 1.83. The second kappa shape index (κ2) is 8.65. The van der Waals surface area contributed by atoms with Crippen LogP contribution in [0, 0.1) is 17.2 Å². The number of carbonyl (C=O) groups excluding carboxylic acids is 3. The van der Waals surface area contributed by atoms with Crippen LogP contribution in [0.1, 0.15) is 44.5 Å². The molecule has 1 fully saturated rings. The number of amides is 1. The number of nitrogens with zero attached hydrogens (tertiary/aromatic N) is 1. The molecule has 0 saturated heterocycles. The summed E-state index contributed by atoms with van der Waals surface area (Å²) < 4.78 is 18.7. The Morgan fingerprint density at radius 1 is 1.11 bits per heavy atom.